The van der Waals surface area contributed by atoms with Crippen LogP contribution in [-0.2, 0) is 4.79 Å². The first kappa shape index (κ1) is 9.85. The average molecular weight is 211 g/mol. The van der Waals surface area contributed by atoms with Crippen LogP contribution in [0, 0.1) is 0 Å². The summed E-state index contributed by atoms with van der Waals surface area (Å²) in [5.74, 6) is -1.28. The first-order chi connectivity index (χ1) is 6.02. The van der Waals surface area contributed by atoms with E-state index in [1.807, 2.05) is 0 Å². The van der Waals surface area contributed by atoms with Crippen LogP contribution in [0.5, 0.6) is 0 Å². The number of carboxylic acid groups (broad SMARTS) is 1. The number of aliphatic carboxylic acids is 1. The molecule has 0 aromatic heterocycles. The molecular weight excluding hydrogens is 202 g/mol. The monoisotopic (exact) mass is 210 g/mol. The Morgan fingerprint density at radius 3 is 2.77 bits per heavy atom. The third kappa shape index (κ3) is 1.46. The topological polar surface area (TPSA) is 96.4 Å². The van der Waals surface area contributed by atoms with Crippen molar-refractivity contribution in [2.45, 2.75) is 17.8 Å². The van der Waals surface area contributed by atoms with Gasteiger partial charge in [0.2, 0.25) is 0 Å². The Labute approximate surface area is 78.3 Å². The van der Waals surface area contributed by atoms with Gasteiger partial charge in [0.25, 0.3) is 15.2 Å². The zero-order valence-corrected chi connectivity index (χ0v) is 7.35. The highest BCUT2D eigenvalue weighted by Gasteiger charge is 2.54. The van der Waals surface area contributed by atoms with Gasteiger partial charge in [-0.2, -0.15) is 0 Å². The molecule has 0 radical (unpaired) electrons. The number of nitrogens with zero attached hydrogens (tertiary/aromatic N) is 3. The van der Waals surface area contributed by atoms with Gasteiger partial charge in [0.1, 0.15) is 0 Å². The minimum Gasteiger partial charge on any atom is -0.478 e. The molecule has 0 saturated carbocycles. The number of hydrogen-bond donors (Lipinski definition) is 3. The molecule has 1 unspecified atom stereocenters. The number of carboxylic acids is 1. The lowest BCUT2D eigenvalue weighted by Crippen LogP contribution is -2.49. The lowest BCUT2D eigenvalue weighted by molar-refractivity contribution is -0.943. The SMILES string of the molecule is O=C(O)C1(Cl)CCCN1[N+](O)=NO. The Hall–Kier alpha value is -1.24. The molecule has 0 bridgehead atoms. The van der Waals surface area contributed by atoms with Crippen molar-refractivity contribution in [1.82, 2.24) is 5.01 Å². The number of halogens is 1. The predicted octanol–water partition coefficient (Wildman–Crippen LogP) is 0.260. The van der Waals surface area contributed by atoms with Gasteiger partial charge in [0.05, 0.1) is 6.54 Å². The Kier molecular flexibility index (Phi) is 2.46. The minimum absolute atomic E-state index is 0.0358. The van der Waals surface area contributed by atoms with Crippen molar-refractivity contribution in [2.75, 3.05) is 6.54 Å². The Balaban J connectivity index is 2.92. The van der Waals surface area contributed by atoms with E-state index in [1.165, 1.54) is 0 Å². The van der Waals surface area contributed by atoms with Gasteiger partial charge in [-0.25, -0.2) is 10.0 Å². The van der Waals surface area contributed by atoms with E-state index in [4.69, 9.17) is 27.1 Å². The fourth-order valence-electron chi connectivity index (χ4n) is 1.27. The lowest BCUT2D eigenvalue weighted by atomic mass is 10.2. The van der Waals surface area contributed by atoms with Gasteiger partial charge < -0.3 is 10.3 Å². The van der Waals surface area contributed by atoms with Crippen molar-refractivity contribution in [1.29, 1.82) is 0 Å². The third-order valence-corrected chi connectivity index (χ3v) is 2.46. The molecular formula is C5H9ClN3O4+. The van der Waals surface area contributed by atoms with Crippen molar-refractivity contribution in [3.05, 3.63) is 0 Å². The van der Waals surface area contributed by atoms with E-state index in [0.717, 1.165) is 5.01 Å². The third-order valence-electron chi connectivity index (χ3n) is 1.91. The average Bonchev–Trinajstić information content (AvgIpc) is 2.47. The van der Waals surface area contributed by atoms with Crippen LogP contribution in [0.1, 0.15) is 12.8 Å². The molecule has 13 heavy (non-hydrogen) atoms. The number of carbonyl (C=O) groups is 1. The molecule has 3 N–H and O–H groups in total. The van der Waals surface area contributed by atoms with E-state index in [-0.39, 0.29) is 17.9 Å². The predicted molar refractivity (Wildman–Crippen MR) is 38.4 cm³/mol. The maximum Gasteiger partial charge on any atom is 0.351 e. The van der Waals surface area contributed by atoms with Crippen LogP contribution >= 0.6 is 11.6 Å². The smallest absolute Gasteiger partial charge is 0.351 e. The molecule has 0 amide bonds. The van der Waals surface area contributed by atoms with E-state index in [9.17, 15) is 4.79 Å². The van der Waals surface area contributed by atoms with Gasteiger partial charge in [-0.05, 0) is 6.42 Å². The molecule has 1 heterocycles. The first-order valence-corrected chi connectivity index (χ1v) is 3.94. The molecule has 0 aliphatic carbocycles. The quantitative estimate of drug-likeness (QED) is 0.200. The van der Waals surface area contributed by atoms with Crippen molar-refractivity contribution in [3.8, 4) is 0 Å². The Morgan fingerprint density at radius 2 is 2.31 bits per heavy atom. The van der Waals surface area contributed by atoms with Crippen LogP contribution in [0.2, 0.25) is 0 Å². The second-order valence-corrected chi connectivity index (χ2v) is 3.27. The fraction of sp³-hybridized carbons (Fsp3) is 0.800. The molecule has 0 spiro atoms. The van der Waals surface area contributed by atoms with Crippen molar-refractivity contribution in [2.24, 2.45) is 5.28 Å². The van der Waals surface area contributed by atoms with Crippen LogP contribution in [0.15, 0.2) is 5.28 Å². The maximum absolute atomic E-state index is 10.7. The standard InChI is InChI=1S/C5H8ClN3O4/c6-5(4(10)11)2-1-3-8(5)9(13)7-12/h13H,1-3H2,(H,10,11)/p+1. The minimum atomic E-state index is -1.72. The van der Waals surface area contributed by atoms with Crippen LogP contribution in [0.4, 0.5) is 0 Å². The number of alkyl halides is 1. The van der Waals surface area contributed by atoms with E-state index in [1.54, 1.807) is 0 Å². The highest BCUT2D eigenvalue weighted by molar-refractivity contribution is 6.33. The van der Waals surface area contributed by atoms with Gasteiger partial charge in [-0.3, -0.25) is 0 Å². The Morgan fingerprint density at radius 1 is 1.69 bits per heavy atom. The largest absolute Gasteiger partial charge is 0.478 e. The molecule has 1 fully saturated rings. The highest BCUT2D eigenvalue weighted by Crippen LogP contribution is 2.33. The molecule has 8 heteroatoms. The van der Waals surface area contributed by atoms with Crippen molar-refractivity contribution in [3.63, 3.8) is 0 Å². The molecule has 0 aromatic carbocycles. The summed E-state index contributed by atoms with van der Waals surface area (Å²) >= 11 is 5.70. The zero-order valence-electron chi connectivity index (χ0n) is 6.59. The van der Waals surface area contributed by atoms with Gasteiger partial charge in [0, 0.05) is 6.42 Å². The lowest BCUT2D eigenvalue weighted by Gasteiger charge is -2.19. The van der Waals surface area contributed by atoms with Gasteiger partial charge in [-0.1, -0.05) is 16.6 Å². The van der Waals surface area contributed by atoms with E-state index >= 15 is 0 Å². The molecule has 7 nitrogen and oxygen atoms in total. The Bertz CT molecular complexity index is 258. The normalized spacial score (nSPS) is 29.3. The first-order valence-electron chi connectivity index (χ1n) is 3.56. The molecule has 74 valence electrons. The molecule has 1 aliphatic rings. The number of hydrogen-bond acceptors (Lipinski definition) is 2. The number of rotatable bonds is 2. The van der Waals surface area contributed by atoms with E-state index < -0.39 is 11.0 Å². The van der Waals surface area contributed by atoms with Gasteiger partial charge in [-0.15, -0.1) is 0 Å². The summed E-state index contributed by atoms with van der Waals surface area (Å²) in [6, 6.07) is 0. The van der Waals surface area contributed by atoms with E-state index in [0.29, 0.717) is 6.42 Å². The summed E-state index contributed by atoms with van der Waals surface area (Å²) in [6.07, 6.45) is 0.679. The second kappa shape index (κ2) is 3.25. The summed E-state index contributed by atoms with van der Waals surface area (Å²) in [4.78, 5) is 9.03. The van der Waals surface area contributed by atoms with E-state index in [2.05, 4.69) is 5.28 Å². The van der Waals surface area contributed by atoms with Crippen LogP contribution in [0.25, 0.3) is 0 Å². The molecule has 1 saturated heterocycles. The molecule has 1 rings (SSSR count). The molecule has 0 aromatic rings. The summed E-state index contributed by atoms with van der Waals surface area (Å²) in [5, 5.41) is 29.2. The summed E-state index contributed by atoms with van der Waals surface area (Å²) < 4.78 is 0. The zero-order chi connectivity index (χ0) is 10.1. The summed E-state index contributed by atoms with van der Waals surface area (Å²) in [5.41, 5.74) is 0. The summed E-state index contributed by atoms with van der Waals surface area (Å²) in [6.45, 7) is 0.219. The van der Waals surface area contributed by atoms with Crippen LogP contribution in [0.3, 0.4) is 0 Å². The van der Waals surface area contributed by atoms with Gasteiger partial charge >= 0.3 is 5.97 Å². The van der Waals surface area contributed by atoms with Gasteiger partial charge in [0.15, 0.2) is 0 Å². The molecule has 1 aliphatic heterocycles. The fourth-order valence-corrected chi connectivity index (χ4v) is 1.55. The second-order valence-electron chi connectivity index (χ2n) is 2.65. The number of hydrazine groups is 1. The summed E-state index contributed by atoms with van der Waals surface area (Å²) in [7, 11) is 0. The highest BCUT2D eigenvalue weighted by atomic mass is 35.5. The van der Waals surface area contributed by atoms with Crippen LogP contribution in [-0.4, -0.2) is 43.0 Å². The van der Waals surface area contributed by atoms with Crippen molar-refractivity contribution >= 4 is 17.6 Å². The van der Waals surface area contributed by atoms with Crippen LogP contribution < -0.4 is 0 Å². The molecule has 1 atom stereocenters. The van der Waals surface area contributed by atoms with Crippen molar-refractivity contribution < 1.29 is 25.3 Å². The maximum atomic E-state index is 10.7.